The highest BCUT2D eigenvalue weighted by Crippen LogP contribution is 2.69. The normalized spacial score (nSPS) is 29.4. The molecular weight excluding hydrogens is 478 g/mol. The van der Waals surface area contributed by atoms with E-state index in [1.807, 2.05) is 18.2 Å². The Kier molecular flexibility index (Phi) is 4.69. The zero-order valence-electron chi connectivity index (χ0n) is 17.9. The van der Waals surface area contributed by atoms with Gasteiger partial charge < -0.3 is 18.9 Å². The summed E-state index contributed by atoms with van der Waals surface area (Å²) in [6, 6.07) is 14.4. The van der Waals surface area contributed by atoms with Gasteiger partial charge in [0.25, 0.3) is 5.69 Å². The lowest BCUT2D eigenvalue weighted by Gasteiger charge is -2.48. The van der Waals surface area contributed by atoms with Crippen LogP contribution in [0.1, 0.15) is 24.2 Å². The molecule has 0 saturated carbocycles. The lowest BCUT2D eigenvalue weighted by atomic mass is 9.53. The first-order valence-electron chi connectivity index (χ1n) is 10.2. The summed E-state index contributed by atoms with van der Waals surface area (Å²) >= 11 is 6.19. The third-order valence-electron chi connectivity index (χ3n) is 6.90. The van der Waals surface area contributed by atoms with E-state index >= 15 is 0 Å². The van der Waals surface area contributed by atoms with Crippen LogP contribution in [0.4, 0.5) is 5.69 Å². The minimum Gasteiger partial charge on any atom is -0.454 e. The Bertz CT molecular complexity index is 1430. The van der Waals surface area contributed by atoms with E-state index in [1.165, 1.54) is 19.1 Å². The number of nitro benzene ring substituents is 1. The fourth-order valence-corrected chi connectivity index (χ4v) is 5.36. The standard InChI is InChI=1S/C23H14ClN5O6/c1-12-22(10-27)20(28)35-23(12,13-3-2-4-14(24)5-13)34-19(21(22,8-25)9-26)15-6-17-18(33-11-32-17)7-16(15)29(30)31/h2-7,12,19,28H,11H2,1H3. The van der Waals surface area contributed by atoms with Crippen LogP contribution in [-0.2, 0) is 15.3 Å². The third-order valence-corrected chi connectivity index (χ3v) is 7.13. The summed E-state index contributed by atoms with van der Waals surface area (Å²) in [6.07, 6.45) is -1.69. The molecule has 4 atom stereocenters. The molecule has 2 aromatic carbocycles. The molecule has 0 spiro atoms. The van der Waals surface area contributed by atoms with Gasteiger partial charge in [-0.2, -0.15) is 15.8 Å². The van der Waals surface area contributed by atoms with Crippen LogP contribution < -0.4 is 9.47 Å². The molecule has 3 aliphatic heterocycles. The molecule has 0 aliphatic carbocycles. The van der Waals surface area contributed by atoms with Crippen LogP contribution in [-0.4, -0.2) is 17.6 Å². The first kappa shape index (κ1) is 22.4. The Morgan fingerprint density at radius 2 is 1.83 bits per heavy atom. The van der Waals surface area contributed by atoms with E-state index in [4.69, 9.17) is 36.0 Å². The second kappa shape index (κ2) is 7.31. The largest absolute Gasteiger partial charge is 0.454 e. The summed E-state index contributed by atoms with van der Waals surface area (Å²) in [7, 11) is 0. The maximum absolute atomic E-state index is 12.0. The van der Waals surface area contributed by atoms with Crippen molar-refractivity contribution in [2.45, 2.75) is 18.8 Å². The number of nitrogens with one attached hydrogen (secondary N) is 1. The van der Waals surface area contributed by atoms with Gasteiger partial charge in [-0.05, 0) is 18.2 Å². The summed E-state index contributed by atoms with van der Waals surface area (Å²) in [4.78, 5) is 11.3. The maximum atomic E-state index is 12.0. The average Bonchev–Trinajstić information content (AvgIpc) is 3.37. The number of ether oxygens (including phenoxy) is 4. The average molecular weight is 492 g/mol. The number of nitro groups is 1. The highest BCUT2D eigenvalue weighted by Gasteiger charge is 2.80. The molecule has 0 radical (unpaired) electrons. The molecule has 2 saturated heterocycles. The molecule has 4 unspecified atom stereocenters. The molecule has 2 bridgehead atoms. The summed E-state index contributed by atoms with van der Waals surface area (Å²) < 4.78 is 22.8. The van der Waals surface area contributed by atoms with E-state index in [0.29, 0.717) is 10.6 Å². The predicted molar refractivity (Wildman–Crippen MR) is 116 cm³/mol. The summed E-state index contributed by atoms with van der Waals surface area (Å²) in [5.41, 5.74) is -4.92. The number of hydrogen-bond donors (Lipinski definition) is 1. The number of nitriles is 3. The van der Waals surface area contributed by atoms with Crippen LogP contribution in [0.5, 0.6) is 11.5 Å². The van der Waals surface area contributed by atoms with Gasteiger partial charge in [-0.15, -0.1) is 0 Å². The predicted octanol–water partition coefficient (Wildman–Crippen LogP) is 4.09. The monoisotopic (exact) mass is 491 g/mol. The minimum absolute atomic E-state index is 0.107. The smallest absolute Gasteiger partial charge is 0.279 e. The third kappa shape index (κ3) is 2.58. The number of halogens is 1. The van der Waals surface area contributed by atoms with E-state index in [-0.39, 0.29) is 23.9 Å². The fraction of sp³-hybridized carbons (Fsp3) is 0.304. The Hall–Kier alpha value is -4.37. The molecule has 2 fully saturated rings. The van der Waals surface area contributed by atoms with Crippen molar-refractivity contribution in [2.75, 3.05) is 6.79 Å². The zero-order chi connectivity index (χ0) is 25.2. The minimum atomic E-state index is -2.39. The van der Waals surface area contributed by atoms with E-state index in [1.54, 1.807) is 18.2 Å². The zero-order valence-corrected chi connectivity index (χ0v) is 18.7. The van der Waals surface area contributed by atoms with Crippen molar-refractivity contribution in [3.63, 3.8) is 0 Å². The van der Waals surface area contributed by atoms with Crippen LogP contribution in [0.3, 0.4) is 0 Å². The lowest BCUT2D eigenvalue weighted by molar-refractivity contribution is -0.387. The summed E-state index contributed by atoms with van der Waals surface area (Å²) in [6.45, 7) is 1.35. The van der Waals surface area contributed by atoms with Crippen molar-refractivity contribution >= 4 is 23.2 Å². The molecule has 3 heterocycles. The molecule has 3 aliphatic rings. The first-order valence-corrected chi connectivity index (χ1v) is 10.6. The van der Waals surface area contributed by atoms with Crippen molar-refractivity contribution in [2.24, 2.45) is 16.7 Å². The molecule has 5 rings (SSSR count). The second-order valence-electron chi connectivity index (χ2n) is 8.30. The quantitative estimate of drug-likeness (QED) is 0.489. The number of nitrogens with zero attached hydrogens (tertiary/aromatic N) is 4. The molecule has 174 valence electrons. The molecule has 0 amide bonds. The van der Waals surface area contributed by atoms with E-state index in [9.17, 15) is 25.9 Å². The van der Waals surface area contributed by atoms with E-state index in [0.717, 1.165) is 6.07 Å². The van der Waals surface area contributed by atoms with Gasteiger partial charge in [0.05, 0.1) is 40.7 Å². The van der Waals surface area contributed by atoms with Crippen LogP contribution in [0, 0.1) is 66.3 Å². The van der Waals surface area contributed by atoms with Crippen molar-refractivity contribution < 1.29 is 23.9 Å². The Labute approximate surface area is 203 Å². The van der Waals surface area contributed by atoms with Gasteiger partial charge in [-0.1, -0.05) is 30.7 Å². The van der Waals surface area contributed by atoms with Crippen LogP contribution in [0.25, 0.3) is 0 Å². The van der Waals surface area contributed by atoms with E-state index < -0.39 is 45.1 Å². The van der Waals surface area contributed by atoms with Crippen LogP contribution in [0.15, 0.2) is 36.4 Å². The van der Waals surface area contributed by atoms with Gasteiger partial charge in [-0.3, -0.25) is 15.5 Å². The van der Waals surface area contributed by atoms with E-state index in [2.05, 4.69) is 0 Å². The van der Waals surface area contributed by atoms with Gasteiger partial charge in [0.1, 0.15) is 6.10 Å². The van der Waals surface area contributed by atoms with Crippen LogP contribution >= 0.6 is 11.6 Å². The first-order chi connectivity index (χ1) is 16.7. The topological polar surface area (TPSA) is 175 Å². The van der Waals surface area contributed by atoms with Gasteiger partial charge in [0, 0.05) is 10.6 Å². The number of hydrogen-bond acceptors (Lipinski definition) is 10. The maximum Gasteiger partial charge on any atom is 0.279 e. The van der Waals surface area contributed by atoms with Gasteiger partial charge in [-0.25, -0.2) is 0 Å². The molecule has 12 heteroatoms. The molecule has 2 aromatic rings. The number of fused-ring (bicyclic) bond motifs is 3. The molecular formula is C23H14ClN5O6. The SMILES string of the molecule is CC1C2(c3cccc(Cl)c3)OC(=N)C1(C#N)C(C#N)(C#N)C(c1cc3c(cc1[N+](=O)[O-])OCO3)O2. The van der Waals surface area contributed by atoms with Crippen LogP contribution in [0.2, 0.25) is 5.02 Å². The van der Waals surface area contributed by atoms with Gasteiger partial charge in [0.2, 0.25) is 23.9 Å². The number of benzene rings is 2. The van der Waals surface area contributed by atoms with Crippen molar-refractivity contribution in [3.05, 3.63) is 62.7 Å². The molecule has 35 heavy (non-hydrogen) atoms. The van der Waals surface area contributed by atoms with Crippen molar-refractivity contribution in [3.8, 4) is 29.7 Å². The second-order valence-corrected chi connectivity index (χ2v) is 8.74. The number of rotatable bonds is 3. The highest BCUT2D eigenvalue weighted by atomic mass is 35.5. The Morgan fingerprint density at radius 3 is 2.43 bits per heavy atom. The molecule has 11 nitrogen and oxygen atoms in total. The Morgan fingerprint density at radius 1 is 1.14 bits per heavy atom. The molecule has 0 aromatic heterocycles. The van der Waals surface area contributed by atoms with Gasteiger partial charge >= 0.3 is 0 Å². The fourth-order valence-electron chi connectivity index (χ4n) is 5.17. The van der Waals surface area contributed by atoms with Crippen molar-refractivity contribution in [1.82, 2.24) is 0 Å². The summed E-state index contributed by atoms with van der Waals surface area (Å²) in [5.74, 6) is -3.29. The Balaban J connectivity index is 1.85. The van der Waals surface area contributed by atoms with Crippen molar-refractivity contribution in [1.29, 1.82) is 21.2 Å². The van der Waals surface area contributed by atoms with Gasteiger partial charge in [0.15, 0.2) is 16.9 Å². The molecule has 1 N–H and O–H groups in total. The highest BCUT2D eigenvalue weighted by molar-refractivity contribution is 6.30. The lowest BCUT2D eigenvalue weighted by Crippen LogP contribution is -2.57. The summed E-state index contributed by atoms with van der Waals surface area (Å²) in [5, 5.41) is 52.0.